The smallest absolute Gasteiger partial charge is 0.310 e. The van der Waals surface area contributed by atoms with Crippen LogP contribution < -0.4 is 0 Å². The minimum Gasteiger partial charge on any atom is -0.481 e. The van der Waals surface area contributed by atoms with E-state index in [9.17, 15) is 13.2 Å². The number of carboxylic acids is 1. The van der Waals surface area contributed by atoms with Crippen LogP contribution in [0.25, 0.3) is 0 Å². The second kappa shape index (κ2) is 4.73. The molecule has 0 aliphatic carbocycles. The summed E-state index contributed by atoms with van der Waals surface area (Å²) in [6.45, 7) is 1.68. The highest BCUT2D eigenvalue weighted by molar-refractivity contribution is 7.89. The molecule has 0 spiro atoms. The maximum Gasteiger partial charge on any atom is 0.310 e. The lowest BCUT2D eigenvalue weighted by molar-refractivity contribution is -0.146. The van der Waals surface area contributed by atoms with E-state index >= 15 is 0 Å². The van der Waals surface area contributed by atoms with Crippen molar-refractivity contribution in [1.29, 1.82) is 0 Å². The minimum atomic E-state index is -3.74. The van der Waals surface area contributed by atoms with Gasteiger partial charge in [0.25, 0.3) is 0 Å². The fraction of sp³-hybridized carbons (Fsp3) is 0.455. The Bertz CT molecular complexity index is 619. The van der Waals surface area contributed by atoms with E-state index in [0.717, 1.165) is 4.31 Å². The quantitative estimate of drug-likeness (QED) is 0.907. The predicted octanol–water partition coefficient (Wildman–Crippen LogP) is 1.22. The summed E-state index contributed by atoms with van der Waals surface area (Å²) in [4.78, 5) is 14.9. The van der Waals surface area contributed by atoms with Crippen LogP contribution in [0.3, 0.4) is 0 Å². The third-order valence-corrected chi connectivity index (χ3v) is 5.29. The summed E-state index contributed by atoms with van der Waals surface area (Å²) in [6.07, 6.45) is 2.83. The zero-order chi connectivity index (χ0) is 14.3. The van der Waals surface area contributed by atoms with Crippen LogP contribution in [0.5, 0.6) is 0 Å². The van der Waals surface area contributed by atoms with Crippen LogP contribution in [-0.2, 0) is 14.8 Å². The van der Waals surface area contributed by atoms with Crippen molar-refractivity contribution in [1.82, 2.24) is 9.29 Å². The van der Waals surface area contributed by atoms with Crippen molar-refractivity contribution in [2.45, 2.75) is 18.2 Å². The van der Waals surface area contributed by atoms with Gasteiger partial charge in [-0.15, -0.1) is 0 Å². The molecule has 1 saturated heterocycles. The summed E-state index contributed by atoms with van der Waals surface area (Å²) in [6, 6.07) is 1.31. The van der Waals surface area contributed by atoms with Crippen LogP contribution in [0.2, 0.25) is 5.02 Å². The Labute approximate surface area is 116 Å². The Morgan fingerprint density at radius 1 is 1.53 bits per heavy atom. The first kappa shape index (κ1) is 14.2. The van der Waals surface area contributed by atoms with Gasteiger partial charge in [0.2, 0.25) is 10.0 Å². The molecule has 2 heterocycles. The van der Waals surface area contributed by atoms with Gasteiger partial charge in [0.15, 0.2) is 0 Å². The second-order valence-electron chi connectivity index (χ2n) is 4.79. The summed E-state index contributed by atoms with van der Waals surface area (Å²) in [5, 5.41) is 9.34. The van der Waals surface area contributed by atoms with E-state index in [2.05, 4.69) is 4.98 Å². The lowest BCUT2D eigenvalue weighted by Crippen LogP contribution is -2.34. The molecule has 0 saturated carbocycles. The maximum atomic E-state index is 12.3. The van der Waals surface area contributed by atoms with Crippen LogP contribution in [0.15, 0.2) is 23.4 Å². The lowest BCUT2D eigenvalue weighted by Gasteiger charge is -2.19. The molecule has 19 heavy (non-hydrogen) atoms. The van der Waals surface area contributed by atoms with Crippen molar-refractivity contribution in [3.05, 3.63) is 23.5 Å². The molecule has 6 nitrogen and oxygen atoms in total. The Kier molecular flexibility index (Phi) is 3.55. The first-order valence-corrected chi connectivity index (χ1v) is 7.42. The van der Waals surface area contributed by atoms with Crippen LogP contribution in [0, 0.1) is 5.41 Å². The summed E-state index contributed by atoms with van der Waals surface area (Å²) in [5.74, 6) is -0.991. The maximum absolute atomic E-state index is 12.3. The van der Waals surface area contributed by atoms with Gasteiger partial charge in [-0.1, -0.05) is 11.6 Å². The largest absolute Gasteiger partial charge is 0.481 e. The van der Waals surface area contributed by atoms with Crippen LogP contribution in [0.4, 0.5) is 0 Å². The summed E-state index contributed by atoms with van der Waals surface area (Å²) < 4.78 is 25.8. The van der Waals surface area contributed by atoms with E-state index in [-0.39, 0.29) is 29.4 Å². The molecule has 1 N–H and O–H groups in total. The molecule has 1 atom stereocenters. The molecular weight excluding hydrogens is 292 g/mol. The van der Waals surface area contributed by atoms with Crippen molar-refractivity contribution >= 4 is 27.6 Å². The van der Waals surface area contributed by atoms with E-state index in [0.29, 0.717) is 0 Å². The van der Waals surface area contributed by atoms with E-state index in [4.69, 9.17) is 16.7 Å². The van der Waals surface area contributed by atoms with E-state index in [1.165, 1.54) is 18.5 Å². The number of carbonyl (C=O) groups is 1. The summed E-state index contributed by atoms with van der Waals surface area (Å²) >= 11 is 5.72. The number of aliphatic carboxylic acids is 1. The fourth-order valence-electron chi connectivity index (χ4n) is 1.98. The number of halogens is 1. The number of rotatable bonds is 3. The van der Waals surface area contributed by atoms with Gasteiger partial charge < -0.3 is 5.11 Å². The lowest BCUT2D eigenvalue weighted by atomic mass is 9.90. The predicted molar refractivity (Wildman–Crippen MR) is 68.4 cm³/mol. The van der Waals surface area contributed by atoms with Gasteiger partial charge in [0.05, 0.1) is 10.4 Å². The number of hydrogen-bond donors (Lipinski definition) is 1. The summed E-state index contributed by atoms with van der Waals surface area (Å²) in [7, 11) is -3.74. The second-order valence-corrected chi connectivity index (χ2v) is 7.17. The summed E-state index contributed by atoms with van der Waals surface area (Å²) in [5.41, 5.74) is -1.04. The highest BCUT2D eigenvalue weighted by Crippen LogP contribution is 2.33. The zero-order valence-corrected chi connectivity index (χ0v) is 11.8. The molecule has 0 bridgehead atoms. The van der Waals surface area contributed by atoms with Crippen molar-refractivity contribution in [2.75, 3.05) is 13.1 Å². The molecule has 8 heteroatoms. The highest BCUT2D eigenvalue weighted by atomic mass is 35.5. The van der Waals surface area contributed by atoms with Crippen molar-refractivity contribution in [3.8, 4) is 0 Å². The molecule has 1 aromatic rings. The number of hydrogen-bond acceptors (Lipinski definition) is 4. The molecule has 1 aliphatic rings. The number of aromatic nitrogens is 1. The number of pyridine rings is 1. The van der Waals surface area contributed by atoms with Crippen molar-refractivity contribution in [3.63, 3.8) is 0 Å². The Balaban J connectivity index is 2.31. The normalized spacial score (nSPS) is 24.5. The SMILES string of the molecule is CC1(C(=O)O)CCN(S(=O)(=O)c2cncc(Cl)c2)C1. The van der Waals surface area contributed by atoms with Gasteiger partial charge in [0, 0.05) is 25.5 Å². The fourth-order valence-corrected chi connectivity index (χ4v) is 3.77. The van der Waals surface area contributed by atoms with E-state index in [1.807, 2.05) is 0 Å². The molecular formula is C11H13ClN2O4S. The molecule has 0 radical (unpaired) electrons. The molecule has 2 rings (SSSR count). The van der Waals surface area contributed by atoms with Gasteiger partial charge in [-0.3, -0.25) is 9.78 Å². The first-order valence-electron chi connectivity index (χ1n) is 5.60. The highest BCUT2D eigenvalue weighted by Gasteiger charge is 2.44. The number of sulfonamides is 1. The van der Waals surface area contributed by atoms with E-state index < -0.39 is 21.4 Å². The molecule has 0 amide bonds. The standard InChI is InChI=1S/C11H13ClN2O4S/c1-11(10(15)16)2-3-14(7-11)19(17,18)9-4-8(12)5-13-6-9/h4-6H,2-3,7H2,1H3,(H,15,16). The van der Waals surface area contributed by atoms with Crippen molar-refractivity contribution < 1.29 is 18.3 Å². The van der Waals surface area contributed by atoms with Gasteiger partial charge >= 0.3 is 5.97 Å². The van der Waals surface area contributed by atoms with Gasteiger partial charge in [-0.2, -0.15) is 4.31 Å². The third-order valence-electron chi connectivity index (χ3n) is 3.27. The third kappa shape index (κ3) is 2.58. The van der Waals surface area contributed by atoms with Gasteiger partial charge in [-0.25, -0.2) is 8.42 Å². The molecule has 1 unspecified atom stereocenters. The molecule has 1 aliphatic heterocycles. The van der Waals surface area contributed by atoms with E-state index in [1.54, 1.807) is 6.92 Å². The van der Waals surface area contributed by atoms with Crippen LogP contribution in [-0.4, -0.2) is 41.9 Å². The number of nitrogens with zero attached hydrogens (tertiary/aromatic N) is 2. The van der Waals surface area contributed by atoms with Crippen LogP contribution in [0.1, 0.15) is 13.3 Å². The molecule has 0 aromatic carbocycles. The van der Waals surface area contributed by atoms with Crippen molar-refractivity contribution in [2.24, 2.45) is 5.41 Å². The number of carboxylic acid groups (broad SMARTS) is 1. The van der Waals surface area contributed by atoms with Gasteiger partial charge in [0.1, 0.15) is 4.90 Å². The Morgan fingerprint density at radius 3 is 2.74 bits per heavy atom. The molecule has 104 valence electrons. The average Bonchev–Trinajstić information content (AvgIpc) is 2.74. The molecule has 1 fully saturated rings. The zero-order valence-electron chi connectivity index (χ0n) is 10.2. The topological polar surface area (TPSA) is 87.6 Å². The monoisotopic (exact) mass is 304 g/mol. The van der Waals surface area contributed by atoms with Gasteiger partial charge in [-0.05, 0) is 19.4 Å². The Morgan fingerprint density at radius 2 is 2.21 bits per heavy atom. The van der Waals surface area contributed by atoms with Crippen LogP contribution >= 0.6 is 11.6 Å². The average molecular weight is 305 g/mol. The molecule has 1 aromatic heterocycles. The first-order chi connectivity index (χ1) is 8.75. The minimum absolute atomic E-state index is 0.0189. The Hall–Kier alpha value is -1.18.